The average molecular weight is 407 g/mol. The van der Waals surface area contributed by atoms with Gasteiger partial charge in [0.25, 0.3) is 0 Å². The van der Waals surface area contributed by atoms with E-state index < -0.39 is 0 Å². The van der Waals surface area contributed by atoms with Gasteiger partial charge >= 0.3 is 0 Å². The molecule has 1 aromatic rings. The van der Waals surface area contributed by atoms with Gasteiger partial charge in [0.15, 0.2) is 11.8 Å². The Morgan fingerprint density at radius 3 is 2.76 bits per heavy atom. The van der Waals surface area contributed by atoms with Gasteiger partial charge in [-0.25, -0.2) is 9.67 Å². The fraction of sp³-hybridized carbons (Fsp3) is 0.850. The molecule has 1 saturated heterocycles. The Bertz CT molecular complexity index is 653. The van der Waals surface area contributed by atoms with Gasteiger partial charge in [-0.2, -0.15) is 5.10 Å². The van der Waals surface area contributed by atoms with Crippen LogP contribution in [0.4, 0.5) is 0 Å². The highest BCUT2D eigenvalue weighted by molar-refractivity contribution is 5.80. The Morgan fingerprint density at radius 2 is 2.07 bits per heavy atom. The second-order valence-electron chi connectivity index (χ2n) is 7.98. The van der Waals surface area contributed by atoms with E-state index in [2.05, 4.69) is 51.3 Å². The largest absolute Gasteiger partial charge is 0.377 e. The molecule has 29 heavy (non-hydrogen) atoms. The Hall–Kier alpha value is -1.71. The lowest BCUT2D eigenvalue weighted by Crippen LogP contribution is -2.51. The Morgan fingerprint density at radius 1 is 1.28 bits per heavy atom. The number of aliphatic imine (C=N–C) groups is 1. The van der Waals surface area contributed by atoms with E-state index in [4.69, 9.17) is 9.73 Å². The number of rotatable bonds is 8. The standard InChI is InChI=1S/C20H38N8O/c1-5-21-20(22-13-16(3)27-11-9-26(6-2)10-12-27)23-17-7-8-19-24-18(15-29-4)25-28(19)14-17/h16-17H,5-15H2,1-4H3,(H2,21,22,23). The number of guanidine groups is 1. The van der Waals surface area contributed by atoms with Crippen LogP contribution in [0.5, 0.6) is 0 Å². The lowest BCUT2D eigenvalue weighted by molar-refractivity contribution is 0.109. The van der Waals surface area contributed by atoms with Gasteiger partial charge < -0.3 is 20.3 Å². The highest BCUT2D eigenvalue weighted by Crippen LogP contribution is 2.13. The zero-order chi connectivity index (χ0) is 20.6. The summed E-state index contributed by atoms with van der Waals surface area (Å²) < 4.78 is 7.16. The summed E-state index contributed by atoms with van der Waals surface area (Å²) in [5.41, 5.74) is 0. The minimum Gasteiger partial charge on any atom is -0.377 e. The van der Waals surface area contributed by atoms with Crippen molar-refractivity contribution in [2.75, 3.05) is 52.9 Å². The molecule has 2 unspecified atom stereocenters. The number of hydrogen-bond acceptors (Lipinski definition) is 6. The van der Waals surface area contributed by atoms with E-state index in [-0.39, 0.29) is 0 Å². The molecule has 0 spiro atoms. The number of nitrogens with zero attached hydrogens (tertiary/aromatic N) is 6. The molecule has 164 valence electrons. The van der Waals surface area contributed by atoms with Crippen molar-refractivity contribution in [2.24, 2.45) is 4.99 Å². The number of aryl methyl sites for hydroxylation is 1. The molecule has 0 bridgehead atoms. The average Bonchev–Trinajstić information content (AvgIpc) is 3.14. The molecule has 2 atom stereocenters. The summed E-state index contributed by atoms with van der Waals surface area (Å²) >= 11 is 0. The molecule has 9 nitrogen and oxygen atoms in total. The summed E-state index contributed by atoms with van der Waals surface area (Å²) in [5.74, 6) is 2.72. The molecule has 1 fully saturated rings. The van der Waals surface area contributed by atoms with Crippen molar-refractivity contribution in [3.63, 3.8) is 0 Å². The summed E-state index contributed by atoms with van der Waals surface area (Å²) in [5, 5.41) is 11.6. The Labute approximate surface area is 174 Å². The summed E-state index contributed by atoms with van der Waals surface area (Å²) in [6.07, 6.45) is 1.95. The lowest BCUT2D eigenvalue weighted by Gasteiger charge is -2.37. The molecule has 0 amide bonds. The van der Waals surface area contributed by atoms with Crippen molar-refractivity contribution in [1.29, 1.82) is 0 Å². The second kappa shape index (κ2) is 10.9. The monoisotopic (exact) mass is 406 g/mol. The van der Waals surface area contributed by atoms with E-state index in [9.17, 15) is 0 Å². The highest BCUT2D eigenvalue weighted by atomic mass is 16.5. The molecule has 1 aromatic heterocycles. The molecule has 0 aromatic carbocycles. The number of nitrogens with one attached hydrogen (secondary N) is 2. The molecular formula is C20H38N8O. The van der Waals surface area contributed by atoms with Crippen molar-refractivity contribution < 1.29 is 4.74 Å². The van der Waals surface area contributed by atoms with Crippen molar-refractivity contribution in [2.45, 2.75) is 58.8 Å². The predicted octanol–water partition coefficient (Wildman–Crippen LogP) is 0.320. The van der Waals surface area contributed by atoms with Crippen LogP contribution in [-0.2, 0) is 24.3 Å². The maximum absolute atomic E-state index is 5.16. The molecular weight excluding hydrogens is 368 g/mol. The van der Waals surface area contributed by atoms with Crippen LogP contribution in [-0.4, -0.2) is 95.5 Å². The topological polar surface area (TPSA) is 82.8 Å². The maximum atomic E-state index is 5.16. The molecule has 0 radical (unpaired) electrons. The van der Waals surface area contributed by atoms with Crippen LogP contribution in [0.25, 0.3) is 0 Å². The molecule has 2 N–H and O–H groups in total. The number of ether oxygens (including phenoxy) is 1. The SMILES string of the molecule is CCNC(=NCC(C)N1CCN(CC)CC1)NC1CCc2nc(COC)nn2C1. The first-order valence-electron chi connectivity index (χ1n) is 11.1. The third kappa shape index (κ3) is 6.13. The van der Waals surface area contributed by atoms with Gasteiger partial charge in [0.1, 0.15) is 12.4 Å². The van der Waals surface area contributed by atoms with Crippen LogP contribution in [0.15, 0.2) is 4.99 Å². The quantitative estimate of drug-likeness (QED) is 0.475. The minimum absolute atomic E-state index is 0.306. The van der Waals surface area contributed by atoms with Gasteiger partial charge in [0.2, 0.25) is 0 Å². The van der Waals surface area contributed by atoms with Crippen LogP contribution in [0.2, 0.25) is 0 Å². The second-order valence-corrected chi connectivity index (χ2v) is 7.98. The molecule has 2 aliphatic rings. The third-order valence-corrected chi connectivity index (χ3v) is 5.85. The Kier molecular flexibility index (Phi) is 8.26. The number of methoxy groups -OCH3 is 1. The first-order chi connectivity index (χ1) is 14.1. The van der Waals surface area contributed by atoms with Crippen LogP contribution in [0.3, 0.4) is 0 Å². The zero-order valence-electron chi connectivity index (χ0n) is 18.5. The van der Waals surface area contributed by atoms with Gasteiger partial charge in [0, 0.05) is 58.3 Å². The summed E-state index contributed by atoms with van der Waals surface area (Å²) in [4.78, 5) is 14.5. The van der Waals surface area contributed by atoms with E-state index in [1.807, 2.05) is 4.68 Å². The van der Waals surface area contributed by atoms with Gasteiger partial charge in [-0.05, 0) is 26.8 Å². The Balaban J connectivity index is 1.52. The molecule has 9 heteroatoms. The number of hydrogen-bond donors (Lipinski definition) is 2. The maximum Gasteiger partial charge on any atom is 0.191 e. The number of fused-ring (bicyclic) bond motifs is 1. The minimum atomic E-state index is 0.306. The third-order valence-electron chi connectivity index (χ3n) is 5.85. The molecule has 0 saturated carbocycles. The van der Waals surface area contributed by atoms with Gasteiger partial charge in [-0.15, -0.1) is 0 Å². The van der Waals surface area contributed by atoms with Crippen molar-refractivity contribution >= 4 is 5.96 Å². The van der Waals surface area contributed by atoms with E-state index >= 15 is 0 Å². The number of likely N-dealkylation sites (N-methyl/N-ethyl adjacent to an activating group) is 1. The molecule has 3 rings (SSSR count). The van der Waals surface area contributed by atoms with E-state index in [0.29, 0.717) is 18.7 Å². The van der Waals surface area contributed by atoms with E-state index in [1.54, 1.807) is 7.11 Å². The van der Waals surface area contributed by atoms with Crippen molar-refractivity contribution in [3.8, 4) is 0 Å². The van der Waals surface area contributed by atoms with E-state index in [1.165, 1.54) is 0 Å². The number of piperazine rings is 1. The summed E-state index contributed by atoms with van der Waals surface area (Å²) in [6.45, 7) is 15.3. The van der Waals surface area contributed by atoms with Crippen LogP contribution in [0, 0.1) is 0 Å². The van der Waals surface area contributed by atoms with Gasteiger partial charge in [0.05, 0.1) is 13.1 Å². The van der Waals surface area contributed by atoms with Gasteiger partial charge in [-0.3, -0.25) is 9.89 Å². The van der Waals surface area contributed by atoms with Crippen LogP contribution >= 0.6 is 0 Å². The first kappa shape index (κ1) is 22.0. The van der Waals surface area contributed by atoms with Crippen LogP contribution in [0.1, 0.15) is 38.8 Å². The highest BCUT2D eigenvalue weighted by Gasteiger charge is 2.23. The summed E-state index contributed by atoms with van der Waals surface area (Å²) in [7, 11) is 1.67. The predicted molar refractivity (Wildman–Crippen MR) is 115 cm³/mol. The smallest absolute Gasteiger partial charge is 0.191 e. The normalized spacial score (nSPS) is 22.3. The van der Waals surface area contributed by atoms with Crippen molar-refractivity contribution in [3.05, 3.63) is 11.6 Å². The van der Waals surface area contributed by atoms with E-state index in [0.717, 1.165) is 82.8 Å². The van der Waals surface area contributed by atoms with Crippen molar-refractivity contribution in [1.82, 2.24) is 35.2 Å². The summed E-state index contributed by atoms with van der Waals surface area (Å²) in [6, 6.07) is 0.759. The fourth-order valence-electron chi connectivity index (χ4n) is 4.04. The van der Waals surface area contributed by atoms with Gasteiger partial charge in [-0.1, -0.05) is 6.92 Å². The first-order valence-corrected chi connectivity index (χ1v) is 11.1. The van der Waals surface area contributed by atoms with Crippen LogP contribution < -0.4 is 10.6 Å². The molecule has 2 aliphatic heterocycles. The molecule has 3 heterocycles. The lowest BCUT2D eigenvalue weighted by atomic mass is 10.1. The zero-order valence-corrected chi connectivity index (χ0v) is 18.5. The number of aromatic nitrogens is 3. The molecule has 0 aliphatic carbocycles. The fourth-order valence-corrected chi connectivity index (χ4v) is 4.04.